The van der Waals surface area contributed by atoms with Gasteiger partial charge in [0, 0.05) is 31.0 Å². The minimum absolute atomic E-state index is 0. The van der Waals surface area contributed by atoms with E-state index in [4.69, 9.17) is 4.74 Å². The van der Waals surface area contributed by atoms with Gasteiger partial charge in [0.2, 0.25) is 0 Å². The van der Waals surface area contributed by atoms with Gasteiger partial charge < -0.3 is 21.7 Å². The van der Waals surface area contributed by atoms with Crippen molar-refractivity contribution in [1.29, 1.82) is 0 Å². The zero-order chi connectivity index (χ0) is 17.9. The monoisotopic (exact) mass is 426 g/mol. The fraction of sp³-hybridized carbons (Fsp3) is 0.714. The largest absolute Gasteiger partial charge is 1.00 e. The summed E-state index contributed by atoms with van der Waals surface area (Å²) in [6.07, 6.45) is 15.7. The summed E-state index contributed by atoms with van der Waals surface area (Å²) in [5.41, 5.74) is 1.47. The van der Waals surface area contributed by atoms with Gasteiger partial charge in [0.1, 0.15) is 6.54 Å². The molecule has 0 aromatic carbocycles. The van der Waals surface area contributed by atoms with Gasteiger partial charge in [-0.15, -0.1) is 0 Å². The lowest BCUT2D eigenvalue weighted by Gasteiger charge is -2.18. The van der Waals surface area contributed by atoms with Gasteiger partial charge >= 0.3 is 5.97 Å². The number of hydrogen-bond acceptors (Lipinski definition) is 3. The van der Waals surface area contributed by atoms with Gasteiger partial charge in [0.15, 0.2) is 12.4 Å². The van der Waals surface area contributed by atoms with E-state index in [-0.39, 0.29) is 23.0 Å². The van der Waals surface area contributed by atoms with E-state index < -0.39 is 0 Å². The second-order valence-electron chi connectivity index (χ2n) is 7.33. The molecule has 2 heterocycles. The number of rotatable bonds is 11. The van der Waals surface area contributed by atoms with Crippen LogP contribution in [0.25, 0.3) is 0 Å². The quantitative estimate of drug-likeness (QED) is 0.301. The third-order valence-electron chi connectivity index (χ3n) is 5.15. The molecule has 0 N–H and O–H groups in total. The van der Waals surface area contributed by atoms with Gasteiger partial charge in [-0.1, -0.05) is 25.7 Å². The molecule has 0 radical (unpaired) electrons. The van der Waals surface area contributed by atoms with Crippen molar-refractivity contribution in [2.24, 2.45) is 0 Å². The molecule has 1 saturated heterocycles. The van der Waals surface area contributed by atoms with Crippen LogP contribution in [-0.2, 0) is 16.1 Å². The van der Waals surface area contributed by atoms with Gasteiger partial charge in [-0.05, 0) is 45.3 Å². The Labute approximate surface area is 169 Å². The maximum absolute atomic E-state index is 10.7. The molecule has 1 aromatic rings. The van der Waals surface area contributed by atoms with Crippen LogP contribution in [0.3, 0.4) is 0 Å². The number of esters is 1. The Hall–Kier alpha value is -0.940. The Morgan fingerprint density at radius 3 is 2.54 bits per heavy atom. The molecule has 0 bridgehead atoms. The van der Waals surface area contributed by atoms with Gasteiger partial charge in [-0.25, -0.2) is 4.57 Å². The summed E-state index contributed by atoms with van der Waals surface area (Å²) in [5.74, 6) is -0.166. The number of ether oxygens (including phenoxy) is 1. The molecule has 1 atom stereocenters. The van der Waals surface area contributed by atoms with Crippen LogP contribution in [0.1, 0.15) is 76.3 Å². The summed E-state index contributed by atoms with van der Waals surface area (Å²) in [6, 6.07) is 5.09. The summed E-state index contributed by atoms with van der Waals surface area (Å²) >= 11 is 0. The number of nitrogens with zero attached hydrogens (tertiary/aromatic N) is 2. The number of hydrogen-bond donors (Lipinski definition) is 0. The third kappa shape index (κ3) is 8.63. The number of carbonyl (C=O) groups is 1. The lowest BCUT2D eigenvalue weighted by atomic mass is 10.1. The molecule has 1 aliphatic heterocycles. The smallest absolute Gasteiger partial charge is 0.302 e. The van der Waals surface area contributed by atoms with Gasteiger partial charge in [-0.2, -0.15) is 0 Å². The van der Waals surface area contributed by atoms with Crippen LogP contribution in [0.15, 0.2) is 24.5 Å². The fourth-order valence-corrected chi connectivity index (χ4v) is 3.71. The Morgan fingerprint density at radius 2 is 1.88 bits per heavy atom. The van der Waals surface area contributed by atoms with Crippen molar-refractivity contribution in [3.05, 3.63) is 30.1 Å². The summed E-state index contributed by atoms with van der Waals surface area (Å²) in [4.78, 5) is 13.1. The molecule has 26 heavy (non-hydrogen) atoms. The van der Waals surface area contributed by atoms with Crippen LogP contribution in [0.4, 0.5) is 0 Å². The zero-order valence-electron chi connectivity index (χ0n) is 16.5. The Kier molecular flexibility index (Phi) is 11.8. The van der Waals surface area contributed by atoms with Crippen molar-refractivity contribution in [1.82, 2.24) is 4.90 Å². The molecule has 1 aliphatic rings. The third-order valence-corrected chi connectivity index (χ3v) is 5.15. The maximum atomic E-state index is 10.7. The molecule has 1 fully saturated rings. The van der Waals surface area contributed by atoms with Crippen molar-refractivity contribution >= 4 is 5.97 Å². The molecule has 0 spiro atoms. The number of carbonyl (C=O) groups excluding carboxylic acids is 1. The highest BCUT2D eigenvalue weighted by atomic mass is 79.9. The SMILES string of the molecule is CC(=O)OCCCCCCCCC[n+]1cccc(C2CCCN2C)c1.[Br-]. The molecule has 0 saturated carbocycles. The molecular formula is C21H35BrN2O2. The maximum Gasteiger partial charge on any atom is 0.302 e. The lowest BCUT2D eigenvalue weighted by Crippen LogP contribution is -3.00. The van der Waals surface area contributed by atoms with Gasteiger partial charge in [-0.3, -0.25) is 9.69 Å². The van der Waals surface area contributed by atoms with Crippen LogP contribution in [0.2, 0.25) is 0 Å². The Balaban J connectivity index is 0.00000338. The van der Waals surface area contributed by atoms with Gasteiger partial charge in [0.05, 0.1) is 6.61 Å². The van der Waals surface area contributed by atoms with Crippen LogP contribution >= 0.6 is 0 Å². The standard InChI is InChI=1S/C21H35N2O2.BrH/c1-19(24)25-17-9-7-5-3-4-6-8-15-23-16-10-12-20(18-23)21-13-11-14-22(21)2;/h10,12,16,18,21H,3-9,11,13-15,17H2,1-2H3;1H/q+1;/p-1. The predicted octanol–water partition coefficient (Wildman–Crippen LogP) is 1.04. The molecule has 0 aliphatic carbocycles. The Morgan fingerprint density at radius 1 is 1.19 bits per heavy atom. The van der Waals surface area contributed by atoms with E-state index in [1.165, 1.54) is 70.4 Å². The molecule has 0 amide bonds. The number of pyridine rings is 1. The van der Waals surface area contributed by atoms with E-state index in [0.717, 1.165) is 13.0 Å². The molecule has 4 nitrogen and oxygen atoms in total. The number of aryl methyl sites for hydroxylation is 1. The lowest BCUT2D eigenvalue weighted by molar-refractivity contribution is -0.697. The first-order valence-corrected chi connectivity index (χ1v) is 9.99. The number of aromatic nitrogens is 1. The van der Waals surface area contributed by atoms with E-state index in [0.29, 0.717) is 12.6 Å². The molecule has 148 valence electrons. The zero-order valence-corrected chi connectivity index (χ0v) is 18.0. The molecule has 1 unspecified atom stereocenters. The van der Waals surface area contributed by atoms with Crippen molar-refractivity contribution < 1.29 is 31.1 Å². The van der Waals surface area contributed by atoms with E-state index >= 15 is 0 Å². The highest BCUT2D eigenvalue weighted by molar-refractivity contribution is 5.65. The number of unbranched alkanes of at least 4 members (excludes halogenated alkanes) is 6. The average Bonchev–Trinajstić information content (AvgIpc) is 3.02. The van der Waals surface area contributed by atoms with E-state index in [1.54, 1.807) is 0 Å². The summed E-state index contributed by atoms with van der Waals surface area (Å²) in [5, 5.41) is 0. The summed E-state index contributed by atoms with van der Waals surface area (Å²) < 4.78 is 7.31. The highest BCUT2D eigenvalue weighted by Gasteiger charge is 2.24. The first-order chi connectivity index (χ1) is 12.2. The van der Waals surface area contributed by atoms with Crippen molar-refractivity contribution in [3.8, 4) is 0 Å². The van der Waals surface area contributed by atoms with Crippen LogP contribution < -0.4 is 21.5 Å². The van der Waals surface area contributed by atoms with E-state index in [9.17, 15) is 4.79 Å². The molecule has 5 heteroatoms. The number of halogens is 1. The summed E-state index contributed by atoms with van der Waals surface area (Å²) in [7, 11) is 2.24. The molecule has 1 aromatic heterocycles. The van der Waals surface area contributed by atoms with E-state index in [2.05, 4.69) is 41.0 Å². The van der Waals surface area contributed by atoms with E-state index in [1.807, 2.05) is 0 Å². The first-order valence-electron chi connectivity index (χ1n) is 9.99. The summed E-state index contributed by atoms with van der Waals surface area (Å²) in [6.45, 7) is 4.40. The second kappa shape index (κ2) is 13.3. The average molecular weight is 427 g/mol. The minimum atomic E-state index is -0.166. The number of likely N-dealkylation sites (tertiary alicyclic amines) is 1. The van der Waals surface area contributed by atoms with Crippen LogP contribution in [0.5, 0.6) is 0 Å². The molecule has 2 rings (SSSR count). The highest BCUT2D eigenvalue weighted by Crippen LogP contribution is 2.29. The van der Waals surface area contributed by atoms with Crippen molar-refractivity contribution in [3.63, 3.8) is 0 Å². The van der Waals surface area contributed by atoms with Gasteiger partial charge in [0.25, 0.3) is 0 Å². The van der Waals surface area contributed by atoms with Crippen molar-refractivity contribution in [2.75, 3.05) is 20.2 Å². The van der Waals surface area contributed by atoms with Crippen LogP contribution in [-0.4, -0.2) is 31.1 Å². The molecular weight excluding hydrogens is 392 g/mol. The Bertz CT molecular complexity index is 524. The second-order valence-corrected chi connectivity index (χ2v) is 7.33. The normalized spacial score (nSPS) is 17.1. The first kappa shape index (κ1) is 23.1. The minimum Gasteiger partial charge on any atom is -1.00 e. The topological polar surface area (TPSA) is 33.4 Å². The van der Waals surface area contributed by atoms with Crippen LogP contribution in [0, 0.1) is 0 Å². The predicted molar refractivity (Wildman–Crippen MR) is 100 cm³/mol. The fourth-order valence-electron chi connectivity index (χ4n) is 3.71. The van der Waals surface area contributed by atoms with Crippen molar-refractivity contribution in [2.45, 2.75) is 77.3 Å².